The molecule has 0 fully saturated rings. The number of hydrazone groups is 1. The Morgan fingerprint density at radius 3 is 2.86 bits per heavy atom. The Bertz CT molecular complexity index is 353. The van der Waals surface area contributed by atoms with Crippen LogP contribution >= 0.6 is 0 Å². The predicted octanol–water partition coefficient (Wildman–Crippen LogP) is 0.333. The van der Waals surface area contributed by atoms with E-state index >= 15 is 0 Å². The summed E-state index contributed by atoms with van der Waals surface area (Å²) in [6.07, 6.45) is 1.19. The first-order chi connectivity index (χ1) is 6.74. The van der Waals surface area contributed by atoms with E-state index in [1.165, 1.54) is 18.3 Å². The number of hydrogen-bond donors (Lipinski definition) is 3. The lowest BCUT2D eigenvalue weighted by molar-refractivity contribution is 0.241. The zero-order valence-electron chi connectivity index (χ0n) is 7.20. The van der Waals surface area contributed by atoms with Crippen molar-refractivity contribution in [2.45, 2.75) is 0 Å². The molecule has 0 saturated carbocycles. The quantitative estimate of drug-likeness (QED) is 0.276. The molecular formula is C8H9FN4O. The second kappa shape index (κ2) is 4.93. The minimum absolute atomic E-state index is 0.282. The smallest absolute Gasteiger partial charge is 0.274 e. The molecule has 74 valence electrons. The van der Waals surface area contributed by atoms with Crippen LogP contribution in [0.2, 0.25) is 0 Å². The van der Waals surface area contributed by atoms with Crippen molar-refractivity contribution in [1.29, 1.82) is 0 Å². The third-order valence-electron chi connectivity index (χ3n) is 1.41. The Balaban J connectivity index is 2.60. The van der Waals surface area contributed by atoms with Crippen molar-refractivity contribution in [2.24, 2.45) is 10.9 Å². The lowest BCUT2D eigenvalue weighted by Gasteiger charge is -1.96. The topological polar surface area (TPSA) is 79.5 Å². The fraction of sp³-hybridized carbons (Fsp3) is 0. The van der Waals surface area contributed by atoms with Crippen LogP contribution in [0, 0.1) is 5.82 Å². The lowest BCUT2D eigenvalue weighted by Crippen LogP contribution is -2.37. The summed E-state index contributed by atoms with van der Waals surface area (Å²) in [5.41, 5.74) is 4.13. The first-order valence-electron chi connectivity index (χ1n) is 3.78. The number of nitrogens with two attached hydrogens (primary N) is 1. The summed E-state index contributed by atoms with van der Waals surface area (Å²) in [4.78, 5) is 10.5. The van der Waals surface area contributed by atoms with Crippen LogP contribution in [-0.4, -0.2) is 12.2 Å². The van der Waals surface area contributed by atoms with Crippen LogP contribution in [0.25, 0.3) is 0 Å². The third kappa shape index (κ3) is 2.83. The average Bonchev–Trinajstić information content (AvgIpc) is 2.20. The third-order valence-corrected chi connectivity index (χ3v) is 1.41. The minimum Gasteiger partial charge on any atom is -0.274 e. The number of amides is 2. The van der Waals surface area contributed by atoms with Crippen molar-refractivity contribution in [3.05, 3.63) is 35.6 Å². The molecule has 0 unspecified atom stereocenters. The second-order valence-corrected chi connectivity index (χ2v) is 2.36. The van der Waals surface area contributed by atoms with Gasteiger partial charge in [0.05, 0.1) is 6.21 Å². The van der Waals surface area contributed by atoms with Crippen LogP contribution in [0.5, 0.6) is 0 Å². The maximum atomic E-state index is 13.0. The van der Waals surface area contributed by atoms with E-state index in [1.54, 1.807) is 12.1 Å². The van der Waals surface area contributed by atoms with Crippen molar-refractivity contribution in [1.82, 2.24) is 10.9 Å². The molecule has 6 heteroatoms. The maximum Gasteiger partial charge on any atom is 0.349 e. The van der Waals surface area contributed by atoms with E-state index in [9.17, 15) is 9.18 Å². The Labute approximate surface area is 79.8 Å². The summed E-state index contributed by atoms with van der Waals surface area (Å²) >= 11 is 0. The van der Waals surface area contributed by atoms with Crippen LogP contribution in [0.1, 0.15) is 5.56 Å². The number of urea groups is 1. The second-order valence-electron chi connectivity index (χ2n) is 2.36. The van der Waals surface area contributed by atoms with Gasteiger partial charge in [-0.3, -0.25) is 5.43 Å². The van der Waals surface area contributed by atoms with Crippen molar-refractivity contribution >= 4 is 12.2 Å². The number of carbonyl (C=O) groups is 1. The average molecular weight is 196 g/mol. The van der Waals surface area contributed by atoms with Crippen LogP contribution in [0.4, 0.5) is 9.18 Å². The molecule has 0 saturated heterocycles. The summed E-state index contributed by atoms with van der Waals surface area (Å²) in [6, 6.07) is 5.38. The molecule has 1 aromatic carbocycles. The summed E-state index contributed by atoms with van der Waals surface area (Å²) in [7, 11) is 0. The number of nitrogens with zero attached hydrogens (tertiary/aromatic N) is 1. The number of nitrogens with one attached hydrogen (secondary N) is 2. The Hall–Kier alpha value is -1.95. The molecule has 0 radical (unpaired) electrons. The van der Waals surface area contributed by atoms with Crippen molar-refractivity contribution in [3.8, 4) is 0 Å². The maximum absolute atomic E-state index is 13.0. The Morgan fingerprint density at radius 2 is 2.21 bits per heavy atom. The molecule has 1 rings (SSSR count). The highest BCUT2D eigenvalue weighted by Crippen LogP contribution is 2.02. The van der Waals surface area contributed by atoms with E-state index in [2.05, 4.69) is 5.10 Å². The number of hydrazine groups is 1. The monoisotopic (exact) mass is 196 g/mol. The first-order valence-corrected chi connectivity index (χ1v) is 3.78. The summed E-state index contributed by atoms with van der Waals surface area (Å²) in [6.45, 7) is 0. The SMILES string of the molecule is NNC(=O)NN=Cc1ccccc1F. The van der Waals surface area contributed by atoms with Crippen LogP contribution < -0.4 is 16.7 Å². The number of carbonyl (C=O) groups excluding carboxylic acids is 1. The van der Waals surface area contributed by atoms with Gasteiger partial charge in [0.2, 0.25) is 0 Å². The van der Waals surface area contributed by atoms with Crippen molar-refractivity contribution < 1.29 is 9.18 Å². The Kier molecular flexibility index (Phi) is 3.57. The number of halogens is 1. The highest BCUT2D eigenvalue weighted by atomic mass is 19.1. The van der Waals surface area contributed by atoms with Gasteiger partial charge in [-0.1, -0.05) is 18.2 Å². The molecule has 0 aliphatic heterocycles. The molecule has 0 aliphatic carbocycles. The zero-order chi connectivity index (χ0) is 10.4. The van der Waals surface area contributed by atoms with E-state index in [-0.39, 0.29) is 5.56 Å². The molecule has 0 atom stereocenters. The Morgan fingerprint density at radius 1 is 1.50 bits per heavy atom. The molecule has 0 spiro atoms. The first kappa shape index (κ1) is 10.1. The van der Waals surface area contributed by atoms with Crippen LogP contribution in [0.15, 0.2) is 29.4 Å². The summed E-state index contributed by atoms with van der Waals surface area (Å²) < 4.78 is 13.0. The van der Waals surface area contributed by atoms with Gasteiger partial charge in [0.1, 0.15) is 5.82 Å². The molecule has 1 aromatic rings. The number of benzene rings is 1. The molecule has 0 bridgehead atoms. The van der Waals surface area contributed by atoms with Crippen LogP contribution in [-0.2, 0) is 0 Å². The van der Waals surface area contributed by atoms with Gasteiger partial charge >= 0.3 is 6.03 Å². The van der Waals surface area contributed by atoms with Gasteiger partial charge in [-0.15, -0.1) is 0 Å². The standard InChI is InChI=1S/C8H9FN4O/c9-7-4-2-1-3-6(7)5-11-13-8(14)12-10/h1-5H,10H2,(H2,12,13,14). The van der Waals surface area contributed by atoms with Crippen molar-refractivity contribution in [2.75, 3.05) is 0 Å². The van der Waals surface area contributed by atoms with E-state index < -0.39 is 11.8 Å². The van der Waals surface area contributed by atoms with Gasteiger partial charge in [-0.05, 0) is 6.07 Å². The highest BCUT2D eigenvalue weighted by molar-refractivity contribution is 5.81. The molecule has 0 aromatic heterocycles. The lowest BCUT2D eigenvalue weighted by atomic mass is 10.2. The molecule has 14 heavy (non-hydrogen) atoms. The molecule has 0 heterocycles. The molecule has 2 amide bonds. The predicted molar refractivity (Wildman–Crippen MR) is 49.8 cm³/mol. The van der Waals surface area contributed by atoms with E-state index in [1.807, 2.05) is 10.9 Å². The minimum atomic E-state index is -0.669. The number of hydrogen-bond acceptors (Lipinski definition) is 3. The fourth-order valence-electron chi connectivity index (χ4n) is 0.773. The van der Waals surface area contributed by atoms with Gasteiger partial charge in [-0.25, -0.2) is 20.5 Å². The van der Waals surface area contributed by atoms with Crippen molar-refractivity contribution in [3.63, 3.8) is 0 Å². The van der Waals surface area contributed by atoms with E-state index in [0.29, 0.717) is 0 Å². The molecule has 0 aliphatic rings. The van der Waals surface area contributed by atoms with E-state index in [0.717, 1.165) is 0 Å². The zero-order valence-corrected chi connectivity index (χ0v) is 7.20. The normalized spacial score (nSPS) is 10.1. The largest absolute Gasteiger partial charge is 0.349 e. The summed E-state index contributed by atoms with van der Waals surface area (Å²) in [5.74, 6) is 4.36. The highest BCUT2D eigenvalue weighted by Gasteiger charge is 1.96. The molecular weight excluding hydrogens is 187 g/mol. The van der Waals surface area contributed by atoms with Gasteiger partial charge in [0.25, 0.3) is 0 Å². The summed E-state index contributed by atoms with van der Waals surface area (Å²) in [5, 5.41) is 3.47. The molecule has 4 N–H and O–H groups in total. The molecule has 5 nitrogen and oxygen atoms in total. The fourth-order valence-corrected chi connectivity index (χ4v) is 0.773. The number of rotatable bonds is 2. The van der Waals surface area contributed by atoms with Gasteiger partial charge in [0.15, 0.2) is 0 Å². The van der Waals surface area contributed by atoms with Gasteiger partial charge in [-0.2, -0.15) is 5.10 Å². The van der Waals surface area contributed by atoms with Gasteiger partial charge < -0.3 is 0 Å². The van der Waals surface area contributed by atoms with E-state index in [4.69, 9.17) is 5.84 Å². The van der Waals surface area contributed by atoms with Crippen LogP contribution in [0.3, 0.4) is 0 Å². The van der Waals surface area contributed by atoms with Gasteiger partial charge in [0, 0.05) is 5.56 Å².